The van der Waals surface area contributed by atoms with E-state index in [4.69, 9.17) is 0 Å². The molecular weight excluding hydrogens is 279 g/mol. The van der Waals surface area contributed by atoms with Crippen molar-refractivity contribution in [1.82, 2.24) is 4.98 Å². The first-order valence-electron chi connectivity index (χ1n) is 5.90. The molecule has 21 heavy (non-hydrogen) atoms. The number of nitro benzene ring substituents is 1. The summed E-state index contributed by atoms with van der Waals surface area (Å²) in [6.45, 7) is 0. The second kappa shape index (κ2) is 5.95. The predicted molar refractivity (Wildman–Crippen MR) is 74.8 cm³/mol. The molecule has 0 bridgehead atoms. The summed E-state index contributed by atoms with van der Waals surface area (Å²) in [7, 11) is 1.56. The zero-order valence-electron chi connectivity index (χ0n) is 11.0. The van der Waals surface area contributed by atoms with Crippen LogP contribution in [0.1, 0.15) is 10.4 Å². The maximum Gasteiger partial charge on any atom is 0.269 e. The van der Waals surface area contributed by atoms with Crippen LogP contribution in [-0.2, 0) is 0 Å². The van der Waals surface area contributed by atoms with E-state index >= 15 is 0 Å². The van der Waals surface area contributed by atoms with Gasteiger partial charge in [0.05, 0.1) is 16.7 Å². The molecule has 0 saturated heterocycles. The van der Waals surface area contributed by atoms with E-state index in [1.807, 2.05) is 0 Å². The average molecular weight is 290 g/mol. The zero-order valence-corrected chi connectivity index (χ0v) is 11.0. The molecule has 1 amide bonds. The van der Waals surface area contributed by atoms with Gasteiger partial charge < -0.3 is 10.6 Å². The molecule has 1 heterocycles. The Kier molecular flexibility index (Phi) is 4.07. The van der Waals surface area contributed by atoms with Gasteiger partial charge in [0, 0.05) is 24.9 Å². The molecule has 0 fully saturated rings. The van der Waals surface area contributed by atoms with Crippen molar-refractivity contribution in [2.45, 2.75) is 0 Å². The molecule has 0 unspecified atom stereocenters. The number of non-ortho nitro benzene ring substituents is 1. The maximum atomic E-state index is 13.2. The Morgan fingerprint density at radius 3 is 2.57 bits per heavy atom. The minimum absolute atomic E-state index is 0.0378. The Morgan fingerprint density at radius 1 is 1.33 bits per heavy atom. The van der Waals surface area contributed by atoms with Crippen LogP contribution in [0, 0.1) is 15.9 Å². The minimum Gasteiger partial charge on any atom is -0.372 e. The highest BCUT2D eigenvalue weighted by Gasteiger charge is 2.14. The number of nitrogens with zero attached hydrogens (tertiary/aromatic N) is 2. The van der Waals surface area contributed by atoms with Crippen LogP contribution >= 0.6 is 0 Å². The van der Waals surface area contributed by atoms with Gasteiger partial charge in [0.1, 0.15) is 11.6 Å². The van der Waals surface area contributed by atoms with E-state index in [-0.39, 0.29) is 17.1 Å². The summed E-state index contributed by atoms with van der Waals surface area (Å²) in [5.74, 6) is -0.973. The number of hydrogen-bond acceptors (Lipinski definition) is 5. The number of carbonyl (C=O) groups excluding carboxylic acids is 1. The standard InChI is InChI=1S/C13H11FN4O3/c1-15-12-11(6-8(14)7-16-12)13(19)17-9-2-4-10(5-3-9)18(20)21/h2-7H,1H3,(H,15,16)(H,17,19). The van der Waals surface area contributed by atoms with Crippen molar-refractivity contribution in [2.24, 2.45) is 0 Å². The van der Waals surface area contributed by atoms with Crippen molar-refractivity contribution in [2.75, 3.05) is 17.7 Å². The van der Waals surface area contributed by atoms with Crippen molar-refractivity contribution < 1.29 is 14.1 Å². The third-order valence-corrected chi connectivity index (χ3v) is 2.67. The Labute approximate surface area is 119 Å². The lowest BCUT2D eigenvalue weighted by Crippen LogP contribution is -2.15. The van der Waals surface area contributed by atoms with Gasteiger partial charge in [-0.2, -0.15) is 0 Å². The largest absolute Gasteiger partial charge is 0.372 e. The predicted octanol–water partition coefficient (Wildman–Crippen LogP) is 2.42. The quantitative estimate of drug-likeness (QED) is 0.665. The lowest BCUT2D eigenvalue weighted by atomic mass is 10.2. The van der Waals surface area contributed by atoms with Crippen molar-refractivity contribution in [3.63, 3.8) is 0 Å². The molecule has 108 valence electrons. The number of hydrogen-bond donors (Lipinski definition) is 2. The zero-order chi connectivity index (χ0) is 15.4. The molecule has 0 radical (unpaired) electrons. The molecule has 2 aromatic rings. The fraction of sp³-hybridized carbons (Fsp3) is 0.0769. The SMILES string of the molecule is CNc1ncc(F)cc1C(=O)Nc1ccc([N+](=O)[O-])cc1. The molecule has 7 nitrogen and oxygen atoms in total. The number of benzene rings is 1. The number of nitrogens with one attached hydrogen (secondary N) is 2. The summed E-state index contributed by atoms with van der Waals surface area (Å²) in [5, 5.41) is 15.7. The van der Waals surface area contributed by atoms with E-state index in [2.05, 4.69) is 15.6 Å². The Morgan fingerprint density at radius 2 is 2.00 bits per heavy atom. The first-order valence-corrected chi connectivity index (χ1v) is 5.90. The molecule has 1 aromatic heterocycles. The lowest BCUT2D eigenvalue weighted by molar-refractivity contribution is -0.384. The highest BCUT2D eigenvalue weighted by atomic mass is 19.1. The second-order valence-electron chi connectivity index (χ2n) is 4.06. The van der Waals surface area contributed by atoms with Gasteiger partial charge in [-0.25, -0.2) is 9.37 Å². The van der Waals surface area contributed by atoms with Gasteiger partial charge >= 0.3 is 0 Å². The van der Waals surface area contributed by atoms with E-state index in [0.29, 0.717) is 5.69 Å². The third kappa shape index (κ3) is 3.30. The summed E-state index contributed by atoms with van der Waals surface area (Å²) in [5.41, 5.74) is 0.309. The number of amides is 1. The van der Waals surface area contributed by atoms with Crippen LogP contribution in [-0.4, -0.2) is 22.9 Å². The number of carbonyl (C=O) groups is 1. The van der Waals surface area contributed by atoms with Crippen LogP contribution in [0.4, 0.5) is 21.6 Å². The second-order valence-corrected chi connectivity index (χ2v) is 4.06. The Balaban J connectivity index is 2.21. The number of halogens is 1. The van der Waals surface area contributed by atoms with E-state index in [1.54, 1.807) is 7.05 Å². The summed E-state index contributed by atoms with van der Waals surface area (Å²) < 4.78 is 13.2. The van der Waals surface area contributed by atoms with Gasteiger partial charge in [-0.05, 0) is 18.2 Å². The molecule has 0 spiro atoms. The van der Waals surface area contributed by atoms with Crippen LogP contribution in [0.25, 0.3) is 0 Å². The maximum absolute atomic E-state index is 13.2. The van der Waals surface area contributed by atoms with Crippen LogP contribution in [0.5, 0.6) is 0 Å². The summed E-state index contributed by atoms with van der Waals surface area (Å²) in [4.78, 5) is 25.8. The van der Waals surface area contributed by atoms with Gasteiger partial charge in [-0.1, -0.05) is 0 Å². The lowest BCUT2D eigenvalue weighted by Gasteiger charge is -2.09. The topological polar surface area (TPSA) is 97.2 Å². The smallest absolute Gasteiger partial charge is 0.269 e. The highest BCUT2D eigenvalue weighted by molar-refractivity contribution is 6.07. The Bertz CT molecular complexity index is 688. The van der Waals surface area contributed by atoms with Gasteiger partial charge in [-0.15, -0.1) is 0 Å². The molecule has 2 rings (SSSR count). The van der Waals surface area contributed by atoms with E-state index in [0.717, 1.165) is 12.3 Å². The molecule has 0 aliphatic heterocycles. The molecular formula is C13H11FN4O3. The number of pyridine rings is 1. The summed E-state index contributed by atoms with van der Waals surface area (Å²) in [6.07, 6.45) is 0.995. The van der Waals surface area contributed by atoms with Crippen molar-refractivity contribution in [3.8, 4) is 0 Å². The normalized spacial score (nSPS) is 10.0. The molecule has 0 atom stereocenters. The third-order valence-electron chi connectivity index (χ3n) is 2.67. The fourth-order valence-corrected chi connectivity index (χ4v) is 1.68. The van der Waals surface area contributed by atoms with Gasteiger partial charge in [-0.3, -0.25) is 14.9 Å². The van der Waals surface area contributed by atoms with Crippen LogP contribution < -0.4 is 10.6 Å². The fourth-order valence-electron chi connectivity index (χ4n) is 1.68. The number of rotatable bonds is 4. The van der Waals surface area contributed by atoms with Crippen molar-refractivity contribution >= 4 is 23.1 Å². The molecule has 0 aliphatic carbocycles. The van der Waals surface area contributed by atoms with Gasteiger partial charge in [0.2, 0.25) is 0 Å². The summed E-state index contributed by atoms with van der Waals surface area (Å²) >= 11 is 0. The highest BCUT2D eigenvalue weighted by Crippen LogP contribution is 2.18. The average Bonchev–Trinajstić information content (AvgIpc) is 2.47. The molecule has 8 heteroatoms. The molecule has 0 aliphatic rings. The molecule has 0 saturated carbocycles. The van der Waals surface area contributed by atoms with Crippen LogP contribution in [0.2, 0.25) is 0 Å². The van der Waals surface area contributed by atoms with E-state index < -0.39 is 16.6 Å². The first kappa shape index (κ1) is 14.4. The molecule has 2 N–H and O–H groups in total. The first-order chi connectivity index (χ1) is 10.0. The molecule has 1 aromatic carbocycles. The number of nitro groups is 1. The van der Waals surface area contributed by atoms with Crippen molar-refractivity contribution in [3.05, 3.63) is 58.0 Å². The van der Waals surface area contributed by atoms with E-state index in [1.165, 1.54) is 24.3 Å². The van der Waals surface area contributed by atoms with Crippen LogP contribution in [0.15, 0.2) is 36.5 Å². The minimum atomic E-state index is -0.636. The van der Waals surface area contributed by atoms with Gasteiger partial charge in [0.25, 0.3) is 11.6 Å². The van der Waals surface area contributed by atoms with E-state index in [9.17, 15) is 19.3 Å². The van der Waals surface area contributed by atoms with Crippen LogP contribution in [0.3, 0.4) is 0 Å². The Hall–Kier alpha value is -3.03. The summed E-state index contributed by atoms with van der Waals surface area (Å²) in [6, 6.07) is 6.36. The number of anilines is 2. The monoisotopic (exact) mass is 290 g/mol. The van der Waals surface area contributed by atoms with Gasteiger partial charge in [0.15, 0.2) is 0 Å². The van der Waals surface area contributed by atoms with Crippen molar-refractivity contribution in [1.29, 1.82) is 0 Å². The number of aromatic nitrogens is 1.